The highest BCUT2D eigenvalue weighted by Crippen LogP contribution is 2.27. The van der Waals surface area contributed by atoms with Gasteiger partial charge in [-0.3, -0.25) is 0 Å². The molecule has 6 heteroatoms. The summed E-state index contributed by atoms with van der Waals surface area (Å²) in [6.07, 6.45) is -4.94. The molecule has 2 nitrogen and oxygen atoms in total. The van der Waals surface area contributed by atoms with Gasteiger partial charge in [-0.05, 0) is 17.7 Å². The molecule has 20 heavy (non-hydrogen) atoms. The third kappa shape index (κ3) is 6.13. The standard InChI is InChI=1S/C14H20BrF3N2/c1-10(2)19-9-11-4-5-12(15)8-13(11)20(3)7-6-14(16,17)18/h4-5,8,10,19H,6-7,9H2,1-3H3. The molecule has 0 spiro atoms. The van der Waals surface area contributed by atoms with Gasteiger partial charge in [-0.2, -0.15) is 13.2 Å². The highest BCUT2D eigenvalue weighted by atomic mass is 79.9. The van der Waals surface area contributed by atoms with E-state index >= 15 is 0 Å². The van der Waals surface area contributed by atoms with Crippen LogP contribution in [0, 0.1) is 0 Å². The number of rotatable bonds is 6. The minimum atomic E-state index is -4.13. The van der Waals surface area contributed by atoms with Crippen LogP contribution in [0.15, 0.2) is 22.7 Å². The summed E-state index contributed by atoms with van der Waals surface area (Å²) < 4.78 is 37.8. The molecule has 1 rings (SSSR count). The zero-order valence-corrected chi connectivity index (χ0v) is 13.5. The quantitative estimate of drug-likeness (QED) is 0.819. The van der Waals surface area contributed by atoms with Crippen molar-refractivity contribution in [1.82, 2.24) is 5.32 Å². The van der Waals surface area contributed by atoms with Gasteiger partial charge in [0.05, 0.1) is 6.42 Å². The van der Waals surface area contributed by atoms with Crippen LogP contribution in [0.4, 0.5) is 18.9 Å². The Morgan fingerprint density at radius 3 is 2.50 bits per heavy atom. The Labute approximate surface area is 126 Å². The summed E-state index contributed by atoms with van der Waals surface area (Å²) in [6, 6.07) is 6.01. The third-order valence-corrected chi connectivity index (χ3v) is 3.38. The van der Waals surface area contributed by atoms with Crippen LogP contribution in [0.3, 0.4) is 0 Å². The lowest BCUT2D eigenvalue weighted by molar-refractivity contribution is -0.132. The second-order valence-electron chi connectivity index (χ2n) is 5.10. The van der Waals surface area contributed by atoms with Crippen molar-refractivity contribution in [2.75, 3.05) is 18.5 Å². The van der Waals surface area contributed by atoms with Crippen molar-refractivity contribution in [2.24, 2.45) is 0 Å². The van der Waals surface area contributed by atoms with E-state index in [-0.39, 0.29) is 6.54 Å². The number of hydrogen-bond donors (Lipinski definition) is 1. The van der Waals surface area contributed by atoms with Gasteiger partial charge >= 0.3 is 6.18 Å². The molecule has 1 N–H and O–H groups in total. The van der Waals surface area contributed by atoms with Gasteiger partial charge in [0.25, 0.3) is 0 Å². The molecule has 0 amide bonds. The molecular weight excluding hydrogens is 333 g/mol. The van der Waals surface area contributed by atoms with Crippen molar-refractivity contribution in [1.29, 1.82) is 0 Å². The maximum atomic E-state index is 12.3. The topological polar surface area (TPSA) is 15.3 Å². The predicted octanol–water partition coefficient (Wildman–Crippen LogP) is 4.34. The number of alkyl halides is 3. The maximum Gasteiger partial charge on any atom is 0.390 e. The van der Waals surface area contributed by atoms with Crippen LogP contribution in [0.1, 0.15) is 25.8 Å². The minimum Gasteiger partial charge on any atom is -0.374 e. The minimum absolute atomic E-state index is 0.0470. The predicted molar refractivity (Wildman–Crippen MR) is 80.1 cm³/mol. The lowest BCUT2D eigenvalue weighted by Gasteiger charge is -2.24. The zero-order chi connectivity index (χ0) is 15.3. The fourth-order valence-corrected chi connectivity index (χ4v) is 2.12. The van der Waals surface area contributed by atoms with E-state index < -0.39 is 12.6 Å². The van der Waals surface area contributed by atoms with E-state index in [9.17, 15) is 13.2 Å². The van der Waals surface area contributed by atoms with Gasteiger partial charge in [-0.1, -0.05) is 35.8 Å². The smallest absolute Gasteiger partial charge is 0.374 e. The highest BCUT2D eigenvalue weighted by Gasteiger charge is 2.27. The fraction of sp³-hybridized carbons (Fsp3) is 0.571. The van der Waals surface area contributed by atoms with Gasteiger partial charge in [-0.25, -0.2) is 0 Å². The van der Waals surface area contributed by atoms with Crippen molar-refractivity contribution >= 4 is 21.6 Å². The van der Waals surface area contributed by atoms with E-state index in [1.165, 1.54) is 0 Å². The molecule has 0 saturated carbocycles. The van der Waals surface area contributed by atoms with Gasteiger partial charge in [0, 0.05) is 36.3 Å². The fourth-order valence-electron chi connectivity index (χ4n) is 1.77. The Morgan fingerprint density at radius 1 is 1.30 bits per heavy atom. The average molecular weight is 353 g/mol. The first-order valence-corrected chi connectivity index (χ1v) is 7.28. The van der Waals surface area contributed by atoms with E-state index in [2.05, 4.69) is 21.2 Å². The summed E-state index contributed by atoms with van der Waals surface area (Å²) in [5, 5.41) is 3.28. The monoisotopic (exact) mass is 352 g/mol. The molecule has 1 aromatic carbocycles. The first kappa shape index (κ1) is 17.3. The molecule has 0 bridgehead atoms. The summed E-state index contributed by atoms with van der Waals surface area (Å²) in [7, 11) is 1.69. The van der Waals surface area contributed by atoms with Crippen molar-refractivity contribution in [3.8, 4) is 0 Å². The summed E-state index contributed by atoms with van der Waals surface area (Å²) >= 11 is 3.37. The second-order valence-corrected chi connectivity index (χ2v) is 6.01. The van der Waals surface area contributed by atoms with Crippen molar-refractivity contribution < 1.29 is 13.2 Å². The number of benzene rings is 1. The number of halogens is 4. The number of nitrogens with zero attached hydrogens (tertiary/aromatic N) is 1. The molecule has 0 radical (unpaired) electrons. The summed E-state index contributed by atoms with van der Waals surface area (Å²) in [6.45, 7) is 4.66. The molecule has 114 valence electrons. The summed E-state index contributed by atoms with van der Waals surface area (Å²) in [5.41, 5.74) is 1.81. The average Bonchev–Trinajstić information content (AvgIpc) is 2.33. The Morgan fingerprint density at radius 2 is 1.95 bits per heavy atom. The number of nitrogens with one attached hydrogen (secondary N) is 1. The van der Waals surface area contributed by atoms with Crippen LogP contribution in [0.25, 0.3) is 0 Å². The number of hydrogen-bond acceptors (Lipinski definition) is 2. The van der Waals surface area contributed by atoms with E-state index in [0.29, 0.717) is 12.6 Å². The zero-order valence-electron chi connectivity index (χ0n) is 11.9. The molecule has 0 atom stereocenters. The first-order valence-electron chi connectivity index (χ1n) is 6.49. The second kappa shape index (κ2) is 7.31. The first-order chi connectivity index (χ1) is 9.19. The lowest BCUT2D eigenvalue weighted by Crippen LogP contribution is -2.27. The molecular formula is C14H20BrF3N2. The Balaban J connectivity index is 2.82. The SMILES string of the molecule is CC(C)NCc1ccc(Br)cc1N(C)CCC(F)(F)F. The summed E-state index contributed by atoms with van der Waals surface area (Å²) in [4.78, 5) is 1.65. The van der Waals surface area contributed by atoms with E-state index in [0.717, 1.165) is 15.7 Å². The molecule has 0 aliphatic carbocycles. The Hall–Kier alpha value is -0.750. The van der Waals surface area contributed by atoms with Gasteiger partial charge in [0.2, 0.25) is 0 Å². The Kier molecular flexibility index (Phi) is 6.33. The van der Waals surface area contributed by atoms with Gasteiger partial charge < -0.3 is 10.2 Å². The Bertz CT molecular complexity index is 433. The lowest BCUT2D eigenvalue weighted by atomic mass is 10.1. The van der Waals surface area contributed by atoms with Crippen molar-refractivity contribution in [2.45, 2.75) is 39.0 Å². The van der Waals surface area contributed by atoms with Crippen LogP contribution in [0.2, 0.25) is 0 Å². The molecule has 1 aromatic rings. The largest absolute Gasteiger partial charge is 0.390 e. The summed E-state index contributed by atoms with van der Waals surface area (Å²) in [5.74, 6) is 0. The van der Waals surface area contributed by atoms with Gasteiger partial charge in [0.1, 0.15) is 0 Å². The van der Waals surface area contributed by atoms with Crippen LogP contribution < -0.4 is 10.2 Å². The van der Waals surface area contributed by atoms with Crippen LogP contribution in [-0.4, -0.2) is 25.8 Å². The molecule has 0 aliphatic heterocycles. The van der Waals surface area contributed by atoms with E-state index in [4.69, 9.17) is 0 Å². The van der Waals surface area contributed by atoms with Crippen LogP contribution in [-0.2, 0) is 6.54 Å². The normalized spacial score (nSPS) is 12.0. The third-order valence-electron chi connectivity index (χ3n) is 2.89. The van der Waals surface area contributed by atoms with Crippen molar-refractivity contribution in [3.05, 3.63) is 28.2 Å². The molecule has 0 aromatic heterocycles. The van der Waals surface area contributed by atoms with Crippen molar-refractivity contribution in [3.63, 3.8) is 0 Å². The van der Waals surface area contributed by atoms with Crippen LogP contribution in [0.5, 0.6) is 0 Å². The molecule has 0 unspecified atom stereocenters. The molecule has 0 aliphatic rings. The van der Waals surface area contributed by atoms with Crippen LogP contribution >= 0.6 is 15.9 Å². The highest BCUT2D eigenvalue weighted by molar-refractivity contribution is 9.10. The van der Waals surface area contributed by atoms with Gasteiger partial charge in [-0.15, -0.1) is 0 Å². The van der Waals surface area contributed by atoms with E-state index in [1.807, 2.05) is 32.0 Å². The maximum absolute atomic E-state index is 12.3. The molecule has 0 heterocycles. The van der Waals surface area contributed by atoms with E-state index in [1.54, 1.807) is 11.9 Å². The number of anilines is 1. The molecule has 0 saturated heterocycles. The molecule has 0 fully saturated rings. The van der Waals surface area contributed by atoms with Gasteiger partial charge in [0.15, 0.2) is 0 Å².